The van der Waals surface area contributed by atoms with Crippen molar-refractivity contribution in [3.8, 4) is 28.9 Å². The molecule has 198 valence electrons. The zero-order valence-corrected chi connectivity index (χ0v) is 22.0. The van der Waals surface area contributed by atoms with Crippen LogP contribution in [0.25, 0.3) is 4.91 Å². The molecule has 0 saturated heterocycles. The lowest BCUT2D eigenvalue weighted by Crippen LogP contribution is -2.22. The highest BCUT2D eigenvalue weighted by atomic mass is 32.2. The van der Waals surface area contributed by atoms with Crippen molar-refractivity contribution in [3.05, 3.63) is 77.5 Å². The maximum Gasteiger partial charge on any atom is 0.257 e. The Morgan fingerprint density at radius 1 is 1.13 bits per heavy atom. The van der Waals surface area contributed by atoms with Crippen LogP contribution < -0.4 is 23.7 Å². The number of amides is 1. The Balaban J connectivity index is 1.26. The molecule has 10 heteroatoms. The van der Waals surface area contributed by atoms with Gasteiger partial charge in [-0.2, -0.15) is 0 Å². The second-order valence-electron chi connectivity index (χ2n) is 9.61. The normalized spacial score (nSPS) is 18.3. The van der Waals surface area contributed by atoms with Crippen LogP contribution in [0.3, 0.4) is 0 Å². The van der Waals surface area contributed by atoms with Gasteiger partial charge in [0.15, 0.2) is 28.6 Å². The Labute approximate surface area is 223 Å². The highest BCUT2D eigenvalue weighted by molar-refractivity contribution is 7.93. The van der Waals surface area contributed by atoms with Crippen LogP contribution in [-0.2, 0) is 15.8 Å². The van der Waals surface area contributed by atoms with Crippen LogP contribution in [0.2, 0.25) is 0 Å². The molecule has 3 aromatic rings. The molecule has 5 rings (SSSR count). The third-order valence-electron chi connectivity index (χ3n) is 6.00. The number of aliphatic hydroxyl groups is 1. The Kier molecular flexibility index (Phi) is 7.09. The van der Waals surface area contributed by atoms with Crippen molar-refractivity contribution in [2.24, 2.45) is 0 Å². The summed E-state index contributed by atoms with van der Waals surface area (Å²) in [6, 6.07) is 16.2. The van der Waals surface area contributed by atoms with Crippen molar-refractivity contribution in [1.82, 2.24) is 9.71 Å². The largest absolute Gasteiger partial charge is 0.485 e. The molecule has 2 aliphatic rings. The summed E-state index contributed by atoms with van der Waals surface area (Å²) in [7, 11) is -1.54. The van der Waals surface area contributed by atoms with E-state index in [4.69, 9.17) is 18.9 Å². The molecule has 2 unspecified atom stereocenters. The highest BCUT2D eigenvalue weighted by Gasteiger charge is 2.29. The standard InChI is InChI=1S/C28H28N2O7S/c1-17-21(11-12-26(29-17)34-14-13-28(2,3)32)37-22-6-4-5-20-23(16-35-27(20)22)36-19-9-7-18(8-10-19)24-15-25(31)30-38(24)33/h4-12,15,23,32H,13-14,16H2,1-3H3,(H,30,31). The number of aryl methyl sites for hydroxylation is 1. The molecule has 0 aliphatic carbocycles. The summed E-state index contributed by atoms with van der Waals surface area (Å²) in [4.78, 5) is 16.3. The van der Waals surface area contributed by atoms with Crippen LogP contribution >= 0.6 is 0 Å². The van der Waals surface area contributed by atoms with Gasteiger partial charge in [-0.3, -0.25) is 9.52 Å². The number of rotatable bonds is 9. The fourth-order valence-electron chi connectivity index (χ4n) is 4.01. The second kappa shape index (κ2) is 10.5. The summed E-state index contributed by atoms with van der Waals surface area (Å²) in [5.74, 6) is 2.45. The first-order chi connectivity index (χ1) is 18.2. The molecule has 2 N–H and O–H groups in total. The summed E-state index contributed by atoms with van der Waals surface area (Å²) in [6.07, 6.45) is 1.49. The average molecular weight is 537 g/mol. The molecule has 3 heterocycles. The van der Waals surface area contributed by atoms with Crippen molar-refractivity contribution in [3.63, 3.8) is 0 Å². The van der Waals surface area contributed by atoms with Crippen molar-refractivity contribution in [1.29, 1.82) is 0 Å². The van der Waals surface area contributed by atoms with Gasteiger partial charge in [0, 0.05) is 24.1 Å². The molecule has 0 saturated carbocycles. The number of hydrogen-bond donors (Lipinski definition) is 2. The minimum Gasteiger partial charge on any atom is -0.485 e. The Hall–Kier alpha value is -3.89. The third kappa shape index (κ3) is 5.81. The number of nitrogens with one attached hydrogen (secondary N) is 1. The molecule has 0 radical (unpaired) electrons. The van der Waals surface area contributed by atoms with Crippen LogP contribution in [0.5, 0.6) is 28.9 Å². The molecule has 0 spiro atoms. The minimum absolute atomic E-state index is 0.316. The zero-order chi connectivity index (χ0) is 26.9. The molecular weight excluding hydrogens is 508 g/mol. The molecule has 0 bridgehead atoms. The van der Waals surface area contributed by atoms with Crippen LogP contribution in [0.4, 0.5) is 0 Å². The predicted octanol–water partition coefficient (Wildman–Crippen LogP) is 4.37. The van der Waals surface area contributed by atoms with Gasteiger partial charge in [-0.1, -0.05) is 24.3 Å². The van der Waals surface area contributed by atoms with Crippen LogP contribution in [-0.4, -0.2) is 39.0 Å². The van der Waals surface area contributed by atoms with Crippen LogP contribution in [0, 0.1) is 6.92 Å². The van der Waals surface area contributed by atoms with Gasteiger partial charge in [-0.15, -0.1) is 0 Å². The first kappa shape index (κ1) is 25.7. The predicted molar refractivity (Wildman–Crippen MR) is 141 cm³/mol. The average Bonchev–Trinajstić information content (AvgIpc) is 3.43. The molecular formula is C28H28N2O7S. The first-order valence-electron chi connectivity index (χ1n) is 12.1. The molecule has 1 amide bonds. The fourth-order valence-corrected chi connectivity index (χ4v) is 4.92. The van der Waals surface area contributed by atoms with E-state index in [1.54, 1.807) is 50.2 Å². The number of fused-ring (bicyclic) bond motifs is 1. The number of nitrogens with zero attached hydrogens (tertiary/aromatic N) is 1. The van der Waals surface area contributed by atoms with Gasteiger partial charge in [-0.05, 0) is 50.6 Å². The van der Waals surface area contributed by atoms with E-state index < -0.39 is 16.6 Å². The van der Waals surface area contributed by atoms with Crippen molar-refractivity contribution < 1.29 is 33.1 Å². The molecule has 2 aliphatic heterocycles. The number of pyridine rings is 1. The van der Waals surface area contributed by atoms with Crippen molar-refractivity contribution >= 4 is 21.8 Å². The maximum atomic E-state index is 12.0. The highest BCUT2D eigenvalue weighted by Crippen LogP contribution is 2.44. The van der Waals surface area contributed by atoms with Crippen LogP contribution in [0.15, 0.2) is 60.7 Å². The first-order valence-corrected chi connectivity index (χ1v) is 13.3. The number of benzene rings is 2. The van der Waals surface area contributed by atoms with Gasteiger partial charge in [0.05, 0.1) is 22.8 Å². The Morgan fingerprint density at radius 2 is 1.92 bits per heavy atom. The lowest BCUT2D eigenvalue weighted by Gasteiger charge is -2.17. The van der Waals surface area contributed by atoms with E-state index in [9.17, 15) is 14.1 Å². The number of aromatic nitrogens is 1. The summed E-state index contributed by atoms with van der Waals surface area (Å²) in [6.45, 7) is 5.98. The quantitative estimate of drug-likeness (QED) is 0.414. The van der Waals surface area contributed by atoms with E-state index in [0.29, 0.717) is 64.7 Å². The van der Waals surface area contributed by atoms with Gasteiger partial charge in [-0.25, -0.2) is 9.19 Å². The van der Waals surface area contributed by atoms with E-state index in [1.165, 1.54) is 6.08 Å². The fraction of sp³-hybridized carbons (Fsp3) is 0.286. The summed E-state index contributed by atoms with van der Waals surface area (Å²) < 4.78 is 38.3. The van der Waals surface area contributed by atoms with Crippen LogP contribution in [0.1, 0.15) is 43.2 Å². The van der Waals surface area contributed by atoms with E-state index in [1.807, 2.05) is 25.1 Å². The Bertz CT molecular complexity index is 1410. The van der Waals surface area contributed by atoms with E-state index >= 15 is 0 Å². The number of hydrogen-bond acceptors (Lipinski definition) is 8. The van der Waals surface area contributed by atoms with Gasteiger partial charge in [0.1, 0.15) is 18.1 Å². The molecule has 2 aromatic carbocycles. The SMILES string of the molecule is Cc1nc(OCCC(C)(C)O)ccc1Oc1cccc2c1OCC2Oc1ccc(C2=CC(=O)NS2=O)cc1. The smallest absolute Gasteiger partial charge is 0.257 e. The number of carbonyl (C=O) groups excluding carboxylic acids is 1. The number of para-hydroxylation sites is 1. The molecule has 0 fully saturated rings. The number of ether oxygens (including phenoxy) is 4. The van der Waals surface area contributed by atoms with Gasteiger partial charge in [0.25, 0.3) is 5.91 Å². The zero-order valence-electron chi connectivity index (χ0n) is 21.2. The van der Waals surface area contributed by atoms with Crippen molar-refractivity contribution in [2.45, 2.75) is 38.9 Å². The van der Waals surface area contributed by atoms with Gasteiger partial charge >= 0.3 is 0 Å². The lowest BCUT2D eigenvalue weighted by molar-refractivity contribution is -0.114. The summed E-state index contributed by atoms with van der Waals surface area (Å²) in [5.41, 5.74) is 1.40. The van der Waals surface area contributed by atoms with Gasteiger partial charge < -0.3 is 24.1 Å². The summed E-state index contributed by atoms with van der Waals surface area (Å²) in [5, 5.41) is 9.84. The molecule has 2 atom stereocenters. The molecule has 38 heavy (non-hydrogen) atoms. The van der Waals surface area contributed by atoms with Crippen molar-refractivity contribution in [2.75, 3.05) is 13.2 Å². The minimum atomic E-state index is -1.54. The monoisotopic (exact) mass is 536 g/mol. The third-order valence-corrected chi connectivity index (χ3v) is 7.14. The lowest BCUT2D eigenvalue weighted by atomic mass is 10.1. The van der Waals surface area contributed by atoms with E-state index in [-0.39, 0.29) is 12.0 Å². The van der Waals surface area contributed by atoms with Gasteiger partial charge in [0.2, 0.25) is 5.88 Å². The number of carbonyl (C=O) groups is 1. The van der Waals surface area contributed by atoms with E-state index in [2.05, 4.69) is 9.71 Å². The van der Waals surface area contributed by atoms with E-state index in [0.717, 1.165) is 5.56 Å². The molecule has 9 nitrogen and oxygen atoms in total. The maximum absolute atomic E-state index is 12.0. The Morgan fingerprint density at radius 3 is 2.61 bits per heavy atom. The summed E-state index contributed by atoms with van der Waals surface area (Å²) >= 11 is 0. The topological polar surface area (TPSA) is 116 Å². The second-order valence-corrected chi connectivity index (χ2v) is 10.8. The molecule has 1 aromatic heterocycles.